The fourth-order valence-electron chi connectivity index (χ4n) is 2.03. The normalized spacial score (nSPS) is 10.3. The van der Waals surface area contributed by atoms with Gasteiger partial charge in [0.1, 0.15) is 5.75 Å². The van der Waals surface area contributed by atoms with Crippen molar-refractivity contribution in [2.75, 3.05) is 26.9 Å². The largest absolute Gasteiger partial charge is 0.497 e. The second-order valence-corrected chi connectivity index (χ2v) is 4.82. The molecule has 1 heterocycles. The number of anilines is 1. The number of methoxy groups -OCH3 is 1. The van der Waals surface area contributed by atoms with Crippen molar-refractivity contribution in [3.05, 3.63) is 35.5 Å². The molecule has 0 bridgehead atoms. The summed E-state index contributed by atoms with van der Waals surface area (Å²) in [6.07, 6.45) is 0. The number of aromatic nitrogens is 2. The molecule has 0 aliphatic carbocycles. The molecule has 21 heavy (non-hydrogen) atoms. The van der Waals surface area contributed by atoms with Gasteiger partial charge < -0.3 is 15.4 Å². The van der Waals surface area contributed by atoms with Crippen LogP contribution >= 0.6 is 0 Å². The van der Waals surface area contributed by atoms with Gasteiger partial charge in [-0.1, -0.05) is 0 Å². The maximum absolute atomic E-state index is 12.4. The Morgan fingerprint density at radius 2 is 1.81 bits per heavy atom. The van der Waals surface area contributed by atoms with E-state index in [4.69, 9.17) is 10.5 Å². The van der Waals surface area contributed by atoms with E-state index in [1.165, 1.54) is 4.90 Å². The summed E-state index contributed by atoms with van der Waals surface area (Å²) in [5, 5.41) is 0. The zero-order valence-corrected chi connectivity index (χ0v) is 12.5. The first kappa shape index (κ1) is 14.8. The number of rotatable bonds is 3. The number of benzene rings is 1. The molecule has 0 unspecified atom stereocenters. The number of hydrogen-bond donors (Lipinski definition) is 1. The van der Waals surface area contributed by atoms with Gasteiger partial charge in [-0.25, -0.2) is 9.97 Å². The van der Waals surface area contributed by atoms with Gasteiger partial charge in [0.2, 0.25) is 5.95 Å². The summed E-state index contributed by atoms with van der Waals surface area (Å²) in [5.74, 6) is 0.727. The Morgan fingerprint density at radius 1 is 1.19 bits per heavy atom. The molecule has 6 heteroatoms. The van der Waals surface area contributed by atoms with Crippen LogP contribution in [-0.2, 0) is 0 Å². The van der Waals surface area contributed by atoms with E-state index < -0.39 is 0 Å². The van der Waals surface area contributed by atoms with Crippen molar-refractivity contribution >= 4 is 11.9 Å². The van der Waals surface area contributed by atoms with Gasteiger partial charge >= 0.3 is 0 Å². The lowest BCUT2D eigenvalue weighted by Gasteiger charge is -2.16. The second kappa shape index (κ2) is 5.78. The van der Waals surface area contributed by atoms with Crippen LogP contribution in [0, 0.1) is 6.92 Å². The second-order valence-electron chi connectivity index (χ2n) is 4.82. The highest BCUT2D eigenvalue weighted by molar-refractivity contribution is 6.00. The Kier molecular flexibility index (Phi) is 4.07. The Morgan fingerprint density at radius 3 is 2.33 bits per heavy atom. The third-order valence-electron chi connectivity index (χ3n) is 3.09. The molecule has 0 radical (unpaired) electrons. The minimum absolute atomic E-state index is 0.147. The number of hydrogen-bond acceptors (Lipinski definition) is 5. The molecule has 6 nitrogen and oxygen atoms in total. The third kappa shape index (κ3) is 2.94. The summed E-state index contributed by atoms with van der Waals surface area (Å²) in [6, 6.07) is 7.30. The fourth-order valence-corrected chi connectivity index (χ4v) is 2.03. The van der Waals surface area contributed by atoms with E-state index in [1.807, 2.05) is 24.3 Å². The van der Waals surface area contributed by atoms with E-state index in [-0.39, 0.29) is 11.9 Å². The maximum atomic E-state index is 12.4. The quantitative estimate of drug-likeness (QED) is 0.929. The van der Waals surface area contributed by atoms with Crippen molar-refractivity contribution in [2.45, 2.75) is 6.92 Å². The minimum Gasteiger partial charge on any atom is -0.497 e. The van der Waals surface area contributed by atoms with E-state index in [2.05, 4.69) is 9.97 Å². The van der Waals surface area contributed by atoms with Gasteiger partial charge in [-0.3, -0.25) is 4.79 Å². The molecular weight excluding hydrogens is 268 g/mol. The van der Waals surface area contributed by atoms with Gasteiger partial charge in [-0.05, 0) is 31.2 Å². The van der Waals surface area contributed by atoms with Gasteiger partial charge in [0.25, 0.3) is 5.91 Å². The highest BCUT2D eigenvalue weighted by Gasteiger charge is 2.20. The van der Waals surface area contributed by atoms with Crippen molar-refractivity contribution < 1.29 is 9.53 Å². The smallest absolute Gasteiger partial charge is 0.257 e. The number of nitrogens with two attached hydrogens (primary N) is 1. The van der Waals surface area contributed by atoms with Crippen LogP contribution in [0.4, 0.5) is 5.95 Å². The van der Waals surface area contributed by atoms with Crippen LogP contribution in [0.25, 0.3) is 11.3 Å². The minimum atomic E-state index is -0.154. The van der Waals surface area contributed by atoms with Gasteiger partial charge in [-0.15, -0.1) is 0 Å². The number of carbonyl (C=O) groups is 1. The molecule has 0 aliphatic heterocycles. The molecular formula is C15H18N4O2. The lowest BCUT2D eigenvalue weighted by atomic mass is 10.0. The van der Waals surface area contributed by atoms with Gasteiger partial charge in [0.05, 0.1) is 24.1 Å². The molecule has 1 aromatic heterocycles. The van der Waals surface area contributed by atoms with E-state index in [9.17, 15) is 4.79 Å². The Labute approximate surface area is 123 Å². The predicted molar refractivity (Wildman–Crippen MR) is 81.2 cm³/mol. The van der Waals surface area contributed by atoms with Crippen LogP contribution in [-0.4, -0.2) is 42.0 Å². The predicted octanol–water partition coefficient (Wildman–Crippen LogP) is 1.74. The molecule has 110 valence electrons. The van der Waals surface area contributed by atoms with E-state index in [0.717, 1.165) is 11.3 Å². The topological polar surface area (TPSA) is 81.3 Å². The van der Waals surface area contributed by atoms with Crippen molar-refractivity contribution in [3.8, 4) is 17.0 Å². The highest BCUT2D eigenvalue weighted by atomic mass is 16.5. The molecule has 0 saturated heterocycles. The molecule has 0 fully saturated rings. The van der Waals surface area contributed by atoms with E-state index in [0.29, 0.717) is 17.0 Å². The summed E-state index contributed by atoms with van der Waals surface area (Å²) in [6.45, 7) is 1.75. The lowest BCUT2D eigenvalue weighted by molar-refractivity contribution is 0.0827. The van der Waals surface area contributed by atoms with Crippen molar-refractivity contribution in [1.29, 1.82) is 0 Å². The van der Waals surface area contributed by atoms with Crippen LogP contribution < -0.4 is 10.5 Å². The van der Waals surface area contributed by atoms with Crippen LogP contribution in [0.3, 0.4) is 0 Å². The molecule has 0 saturated carbocycles. The zero-order valence-electron chi connectivity index (χ0n) is 12.5. The third-order valence-corrected chi connectivity index (χ3v) is 3.09. The standard InChI is InChI=1S/C15H18N4O2/c1-9-12(14(20)19(2)3)13(18-15(16)17-9)10-5-7-11(21-4)8-6-10/h5-8H,1-4H3,(H2,16,17,18). The lowest BCUT2D eigenvalue weighted by Crippen LogP contribution is -2.24. The van der Waals surface area contributed by atoms with E-state index in [1.54, 1.807) is 28.1 Å². The summed E-state index contributed by atoms with van der Waals surface area (Å²) in [7, 11) is 4.98. The molecule has 0 spiro atoms. The summed E-state index contributed by atoms with van der Waals surface area (Å²) in [5.41, 5.74) is 8.07. The van der Waals surface area contributed by atoms with Crippen LogP contribution in [0.2, 0.25) is 0 Å². The monoisotopic (exact) mass is 286 g/mol. The summed E-state index contributed by atoms with van der Waals surface area (Å²) < 4.78 is 5.14. The van der Waals surface area contributed by atoms with Crippen molar-refractivity contribution in [2.24, 2.45) is 0 Å². The number of nitrogens with zero attached hydrogens (tertiary/aromatic N) is 3. The van der Waals surface area contributed by atoms with Crippen molar-refractivity contribution in [1.82, 2.24) is 14.9 Å². The first-order chi connectivity index (χ1) is 9.93. The molecule has 1 aromatic carbocycles. The maximum Gasteiger partial charge on any atom is 0.257 e. The first-order valence-electron chi connectivity index (χ1n) is 6.44. The highest BCUT2D eigenvalue weighted by Crippen LogP contribution is 2.26. The Hall–Kier alpha value is -2.63. The number of nitrogen functional groups attached to an aromatic ring is 1. The van der Waals surface area contributed by atoms with Crippen LogP contribution in [0.5, 0.6) is 5.75 Å². The fraction of sp³-hybridized carbons (Fsp3) is 0.267. The molecule has 1 amide bonds. The average molecular weight is 286 g/mol. The van der Waals surface area contributed by atoms with Gasteiger partial charge in [-0.2, -0.15) is 0 Å². The Bertz CT molecular complexity index is 666. The van der Waals surface area contributed by atoms with Crippen molar-refractivity contribution in [3.63, 3.8) is 0 Å². The number of aryl methyl sites for hydroxylation is 1. The van der Waals surface area contributed by atoms with Gasteiger partial charge in [0, 0.05) is 19.7 Å². The zero-order chi connectivity index (χ0) is 15.6. The number of carbonyl (C=O) groups excluding carboxylic acids is 1. The summed E-state index contributed by atoms with van der Waals surface area (Å²) in [4.78, 5) is 22.2. The number of ether oxygens (including phenoxy) is 1. The van der Waals surface area contributed by atoms with Crippen LogP contribution in [0.1, 0.15) is 16.1 Å². The Balaban J connectivity index is 2.62. The molecule has 2 N–H and O–H groups in total. The molecule has 2 aromatic rings. The average Bonchev–Trinajstić information content (AvgIpc) is 2.46. The van der Waals surface area contributed by atoms with Crippen LogP contribution in [0.15, 0.2) is 24.3 Å². The summed E-state index contributed by atoms with van der Waals surface area (Å²) >= 11 is 0. The molecule has 0 aliphatic rings. The molecule has 0 atom stereocenters. The van der Waals surface area contributed by atoms with E-state index >= 15 is 0 Å². The molecule has 2 rings (SSSR count). The first-order valence-corrected chi connectivity index (χ1v) is 6.44. The van der Waals surface area contributed by atoms with Gasteiger partial charge in [0.15, 0.2) is 0 Å². The number of amides is 1. The SMILES string of the molecule is COc1ccc(-c2nc(N)nc(C)c2C(=O)N(C)C)cc1.